The van der Waals surface area contributed by atoms with Crippen molar-refractivity contribution in [2.24, 2.45) is 0 Å². The molecular formula is C14H29N3O3S. The number of hydrogen-bond acceptors (Lipinski definition) is 4. The quantitative estimate of drug-likeness (QED) is 0.751. The largest absolute Gasteiger partial charge is 0.380 e. The number of likely N-dealkylation sites (tertiary alicyclic amines) is 1. The zero-order valence-corrected chi connectivity index (χ0v) is 14.5. The first-order valence-corrected chi connectivity index (χ1v) is 9.21. The van der Waals surface area contributed by atoms with E-state index in [9.17, 15) is 8.42 Å². The van der Waals surface area contributed by atoms with Crippen molar-refractivity contribution >= 4 is 10.2 Å². The van der Waals surface area contributed by atoms with Crippen molar-refractivity contribution in [3.63, 3.8) is 0 Å². The lowest BCUT2D eigenvalue weighted by Gasteiger charge is -2.44. The Balaban J connectivity index is 1.97. The fourth-order valence-electron chi connectivity index (χ4n) is 3.61. The molecule has 124 valence electrons. The van der Waals surface area contributed by atoms with Crippen LogP contribution in [0.25, 0.3) is 0 Å². The summed E-state index contributed by atoms with van der Waals surface area (Å²) in [7, 11) is 2.10. The van der Waals surface area contributed by atoms with Crippen molar-refractivity contribution in [3.05, 3.63) is 0 Å². The summed E-state index contributed by atoms with van der Waals surface area (Å²) >= 11 is 0. The summed E-state index contributed by atoms with van der Waals surface area (Å²) in [5, 5.41) is 0. The Morgan fingerprint density at radius 1 is 1.24 bits per heavy atom. The summed E-state index contributed by atoms with van der Waals surface area (Å²) < 4.78 is 32.9. The smallest absolute Gasteiger partial charge is 0.281 e. The van der Waals surface area contributed by atoms with Gasteiger partial charge in [0, 0.05) is 45.4 Å². The van der Waals surface area contributed by atoms with Crippen LogP contribution >= 0.6 is 0 Å². The van der Waals surface area contributed by atoms with Gasteiger partial charge < -0.3 is 4.74 Å². The van der Waals surface area contributed by atoms with Crippen LogP contribution in [0.5, 0.6) is 0 Å². The predicted molar refractivity (Wildman–Crippen MR) is 83.4 cm³/mol. The van der Waals surface area contributed by atoms with Gasteiger partial charge in [-0.05, 0) is 39.7 Å². The van der Waals surface area contributed by atoms with Crippen LogP contribution in [0.4, 0.5) is 0 Å². The molecule has 2 fully saturated rings. The standard InChI is InChI=1S/C14H29N3O3S/c1-5-20-12-13-6-7-14(16(13)4)8-10-17(11-9-14)21(18,19)15(2)3/h13H,5-12H2,1-4H3/t13-/m1/s1. The van der Waals surface area contributed by atoms with Crippen molar-refractivity contribution in [3.8, 4) is 0 Å². The molecule has 6 nitrogen and oxygen atoms in total. The van der Waals surface area contributed by atoms with E-state index in [0.29, 0.717) is 19.1 Å². The van der Waals surface area contributed by atoms with Gasteiger partial charge in [-0.1, -0.05) is 0 Å². The number of hydrogen-bond donors (Lipinski definition) is 0. The number of rotatable bonds is 5. The molecular weight excluding hydrogens is 290 g/mol. The second-order valence-electron chi connectivity index (χ2n) is 6.38. The van der Waals surface area contributed by atoms with E-state index >= 15 is 0 Å². The molecule has 0 aromatic heterocycles. The topological polar surface area (TPSA) is 53.1 Å². The molecule has 0 amide bonds. The third-order valence-electron chi connectivity index (χ3n) is 5.19. The van der Waals surface area contributed by atoms with Gasteiger partial charge in [-0.25, -0.2) is 0 Å². The van der Waals surface area contributed by atoms with Crippen molar-refractivity contribution < 1.29 is 13.2 Å². The molecule has 0 N–H and O–H groups in total. The summed E-state index contributed by atoms with van der Waals surface area (Å²) in [4.78, 5) is 2.45. The molecule has 0 bridgehead atoms. The Bertz CT molecular complexity index is 444. The highest BCUT2D eigenvalue weighted by Gasteiger charge is 2.47. The zero-order valence-electron chi connectivity index (χ0n) is 13.7. The molecule has 2 aliphatic heterocycles. The maximum atomic E-state index is 12.2. The van der Waals surface area contributed by atoms with Gasteiger partial charge >= 0.3 is 0 Å². The van der Waals surface area contributed by atoms with Crippen LogP contribution in [0.15, 0.2) is 0 Å². The maximum Gasteiger partial charge on any atom is 0.281 e. The summed E-state index contributed by atoms with van der Waals surface area (Å²) in [5.74, 6) is 0. The molecule has 2 aliphatic rings. The highest BCUT2D eigenvalue weighted by atomic mass is 32.2. The number of piperidine rings is 1. The van der Waals surface area contributed by atoms with Gasteiger partial charge in [0.15, 0.2) is 0 Å². The monoisotopic (exact) mass is 319 g/mol. The molecule has 21 heavy (non-hydrogen) atoms. The first kappa shape index (κ1) is 17.1. The van der Waals surface area contributed by atoms with Gasteiger partial charge in [0.1, 0.15) is 0 Å². The van der Waals surface area contributed by atoms with E-state index in [1.54, 1.807) is 18.4 Å². The van der Waals surface area contributed by atoms with E-state index in [2.05, 4.69) is 11.9 Å². The lowest BCUT2D eigenvalue weighted by Crippen LogP contribution is -2.55. The van der Waals surface area contributed by atoms with Crippen LogP contribution in [-0.2, 0) is 14.9 Å². The van der Waals surface area contributed by atoms with Crippen molar-refractivity contribution in [1.82, 2.24) is 13.5 Å². The van der Waals surface area contributed by atoms with Crippen LogP contribution in [0.2, 0.25) is 0 Å². The Hall–Kier alpha value is -0.210. The molecule has 1 spiro atoms. The van der Waals surface area contributed by atoms with E-state index in [-0.39, 0.29) is 5.54 Å². The fraction of sp³-hybridized carbons (Fsp3) is 1.00. The summed E-state index contributed by atoms with van der Waals surface area (Å²) in [6.07, 6.45) is 4.13. The minimum atomic E-state index is -3.27. The Kier molecular flexibility index (Phi) is 5.31. The van der Waals surface area contributed by atoms with Gasteiger partial charge in [0.2, 0.25) is 0 Å². The molecule has 0 unspecified atom stereocenters. The average molecular weight is 319 g/mol. The highest BCUT2D eigenvalue weighted by molar-refractivity contribution is 7.86. The van der Waals surface area contributed by atoms with Gasteiger partial charge in [-0.15, -0.1) is 0 Å². The van der Waals surface area contributed by atoms with Gasteiger partial charge in [-0.2, -0.15) is 17.0 Å². The normalized spacial score (nSPS) is 27.8. The van der Waals surface area contributed by atoms with Gasteiger partial charge in [0.05, 0.1) is 6.61 Å². The Morgan fingerprint density at radius 2 is 1.86 bits per heavy atom. The van der Waals surface area contributed by atoms with E-state index in [4.69, 9.17) is 4.74 Å². The van der Waals surface area contributed by atoms with E-state index < -0.39 is 10.2 Å². The SMILES string of the molecule is CCOC[C@H]1CCC2(CCN(S(=O)(=O)N(C)C)CC2)N1C. The van der Waals surface area contributed by atoms with Crippen LogP contribution < -0.4 is 0 Å². The minimum absolute atomic E-state index is 0.167. The van der Waals surface area contributed by atoms with Crippen LogP contribution in [0.1, 0.15) is 32.6 Å². The zero-order chi connectivity index (χ0) is 15.7. The molecule has 0 saturated carbocycles. The first-order chi connectivity index (χ1) is 9.83. The number of ether oxygens (including phenoxy) is 1. The van der Waals surface area contributed by atoms with E-state index in [1.165, 1.54) is 4.31 Å². The highest BCUT2D eigenvalue weighted by Crippen LogP contribution is 2.41. The Labute approximate surface area is 129 Å². The molecule has 0 aromatic carbocycles. The second-order valence-corrected chi connectivity index (χ2v) is 8.52. The predicted octanol–water partition coefficient (Wildman–Crippen LogP) is 0.758. The molecule has 7 heteroatoms. The van der Waals surface area contributed by atoms with Crippen molar-refractivity contribution in [2.45, 2.75) is 44.2 Å². The van der Waals surface area contributed by atoms with Crippen LogP contribution in [0, 0.1) is 0 Å². The van der Waals surface area contributed by atoms with E-state index in [0.717, 1.165) is 38.9 Å². The van der Waals surface area contributed by atoms with Crippen molar-refractivity contribution in [1.29, 1.82) is 0 Å². The minimum Gasteiger partial charge on any atom is -0.380 e. The number of nitrogens with zero attached hydrogens (tertiary/aromatic N) is 3. The molecule has 2 saturated heterocycles. The second kappa shape index (κ2) is 6.50. The molecule has 0 aliphatic carbocycles. The summed E-state index contributed by atoms with van der Waals surface area (Å²) in [6.45, 7) is 4.80. The van der Waals surface area contributed by atoms with Crippen molar-refractivity contribution in [2.75, 3.05) is 47.4 Å². The fourth-order valence-corrected chi connectivity index (χ4v) is 4.71. The third-order valence-corrected chi connectivity index (χ3v) is 7.13. The van der Waals surface area contributed by atoms with Crippen LogP contribution in [-0.4, -0.2) is 81.0 Å². The lowest BCUT2D eigenvalue weighted by atomic mass is 9.86. The average Bonchev–Trinajstić information content (AvgIpc) is 2.74. The van der Waals surface area contributed by atoms with Crippen LogP contribution in [0.3, 0.4) is 0 Å². The molecule has 0 aromatic rings. The van der Waals surface area contributed by atoms with Gasteiger partial charge in [0.25, 0.3) is 10.2 Å². The summed E-state index contributed by atoms with van der Waals surface area (Å²) in [5.41, 5.74) is 0.167. The Morgan fingerprint density at radius 3 is 2.38 bits per heavy atom. The lowest BCUT2D eigenvalue weighted by molar-refractivity contribution is 0.0338. The van der Waals surface area contributed by atoms with Gasteiger partial charge in [-0.3, -0.25) is 4.90 Å². The molecule has 0 radical (unpaired) electrons. The maximum absolute atomic E-state index is 12.2. The molecule has 2 rings (SSSR count). The molecule has 2 heterocycles. The van der Waals surface area contributed by atoms with E-state index in [1.807, 2.05) is 6.92 Å². The first-order valence-electron chi connectivity index (χ1n) is 7.82. The number of likely N-dealkylation sites (N-methyl/N-ethyl adjacent to an activating group) is 1. The molecule has 1 atom stereocenters. The summed E-state index contributed by atoms with van der Waals surface area (Å²) in [6, 6.07) is 0.474. The third kappa shape index (κ3) is 3.27.